The molecule has 88 valence electrons. The number of halogens is 1. The van der Waals surface area contributed by atoms with E-state index in [4.69, 9.17) is 10.5 Å². The van der Waals surface area contributed by atoms with E-state index in [0.717, 1.165) is 0 Å². The summed E-state index contributed by atoms with van der Waals surface area (Å²) in [7, 11) is 1.58. The minimum Gasteiger partial charge on any atom is -0.383 e. The molecule has 0 radical (unpaired) electrons. The molecule has 1 rings (SSSR count). The van der Waals surface area contributed by atoms with Crippen LogP contribution in [0.5, 0.6) is 0 Å². The summed E-state index contributed by atoms with van der Waals surface area (Å²) >= 11 is 3.24. The molecule has 16 heavy (non-hydrogen) atoms. The number of carbonyl (C=O) groups excluding carboxylic acids is 1. The first-order valence-corrected chi connectivity index (χ1v) is 5.54. The fourth-order valence-electron chi connectivity index (χ4n) is 1.22. The van der Waals surface area contributed by atoms with Gasteiger partial charge in [0.15, 0.2) is 0 Å². The molecule has 1 heterocycles. The Morgan fingerprint density at radius 3 is 3.06 bits per heavy atom. The molecule has 3 N–H and O–H groups in total. The summed E-state index contributed by atoms with van der Waals surface area (Å²) in [5.41, 5.74) is 5.97. The molecule has 1 aromatic rings. The Hall–Kier alpha value is -1.14. The van der Waals surface area contributed by atoms with Crippen LogP contribution in [-0.4, -0.2) is 30.6 Å². The van der Waals surface area contributed by atoms with Gasteiger partial charge in [-0.3, -0.25) is 4.79 Å². The van der Waals surface area contributed by atoms with E-state index in [1.807, 2.05) is 6.92 Å². The van der Waals surface area contributed by atoms with E-state index in [0.29, 0.717) is 16.6 Å². The number of nitrogen functional groups attached to an aromatic ring is 1. The molecule has 0 saturated heterocycles. The van der Waals surface area contributed by atoms with E-state index in [-0.39, 0.29) is 17.8 Å². The fraction of sp³-hybridized carbons (Fsp3) is 0.400. The van der Waals surface area contributed by atoms with Crippen molar-refractivity contribution in [1.82, 2.24) is 10.3 Å². The normalized spacial score (nSPS) is 12.2. The van der Waals surface area contributed by atoms with Gasteiger partial charge in [0.1, 0.15) is 5.82 Å². The summed E-state index contributed by atoms with van der Waals surface area (Å²) in [5, 5.41) is 2.76. The number of ether oxygens (including phenoxy) is 1. The van der Waals surface area contributed by atoms with E-state index in [9.17, 15) is 4.79 Å². The van der Waals surface area contributed by atoms with Gasteiger partial charge in [-0.2, -0.15) is 0 Å². The van der Waals surface area contributed by atoms with Gasteiger partial charge in [-0.05, 0) is 28.9 Å². The van der Waals surface area contributed by atoms with E-state index in [1.54, 1.807) is 19.4 Å². The Morgan fingerprint density at radius 1 is 1.75 bits per heavy atom. The highest BCUT2D eigenvalue weighted by molar-refractivity contribution is 9.10. The van der Waals surface area contributed by atoms with E-state index in [2.05, 4.69) is 26.2 Å². The number of hydrogen-bond acceptors (Lipinski definition) is 4. The predicted molar refractivity (Wildman–Crippen MR) is 65.2 cm³/mol. The average Bonchev–Trinajstić information content (AvgIpc) is 2.21. The third kappa shape index (κ3) is 3.46. The van der Waals surface area contributed by atoms with Crippen LogP contribution < -0.4 is 11.1 Å². The third-order valence-electron chi connectivity index (χ3n) is 1.92. The number of methoxy groups -OCH3 is 1. The van der Waals surface area contributed by atoms with Crippen LogP contribution in [0.15, 0.2) is 16.7 Å². The van der Waals surface area contributed by atoms with Crippen molar-refractivity contribution >= 4 is 27.7 Å². The number of rotatable bonds is 4. The van der Waals surface area contributed by atoms with Gasteiger partial charge in [0.2, 0.25) is 0 Å². The Morgan fingerprint density at radius 2 is 2.44 bits per heavy atom. The number of nitrogens with two attached hydrogens (primary N) is 1. The number of nitrogens with zero attached hydrogens (tertiary/aromatic N) is 1. The zero-order valence-corrected chi connectivity index (χ0v) is 10.7. The Balaban J connectivity index is 2.76. The van der Waals surface area contributed by atoms with Crippen molar-refractivity contribution in [1.29, 1.82) is 0 Å². The summed E-state index contributed by atoms with van der Waals surface area (Å²) in [6.45, 7) is 2.30. The Kier molecular flexibility index (Phi) is 4.70. The van der Waals surface area contributed by atoms with Gasteiger partial charge in [0.05, 0.1) is 12.2 Å². The summed E-state index contributed by atoms with van der Waals surface area (Å²) in [5.74, 6) is -0.0406. The molecule has 1 atom stereocenters. The average molecular weight is 288 g/mol. The van der Waals surface area contributed by atoms with Gasteiger partial charge in [-0.15, -0.1) is 0 Å². The van der Waals surface area contributed by atoms with Crippen molar-refractivity contribution in [2.75, 3.05) is 19.5 Å². The quantitative estimate of drug-likeness (QED) is 0.872. The first-order valence-electron chi connectivity index (χ1n) is 4.75. The zero-order valence-electron chi connectivity index (χ0n) is 9.16. The molecule has 0 fully saturated rings. The van der Waals surface area contributed by atoms with Crippen LogP contribution in [0.25, 0.3) is 0 Å². The van der Waals surface area contributed by atoms with Crippen LogP contribution in [-0.2, 0) is 4.74 Å². The number of anilines is 1. The molecule has 1 amide bonds. The maximum Gasteiger partial charge on any atom is 0.255 e. The van der Waals surface area contributed by atoms with Gasteiger partial charge in [-0.1, -0.05) is 0 Å². The van der Waals surface area contributed by atoms with E-state index < -0.39 is 0 Å². The second-order valence-corrected chi connectivity index (χ2v) is 4.33. The summed E-state index contributed by atoms with van der Waals surface area (Å²) in [4.78, 5) is 15.7. The first kappa shape index (κ1) is 12.9. The number of pyridine rings is 1. The van der Waals surface area contributed by atoms with Crippen molar-refractivity contribution in [3.05, 3.63) is 22.3 Å². The molecule has 0 spiro atoms. The molecule has 0 aliphatic heterocycles. The Labute approximate surface area is 103 Å². The molecular formula is C10H14BrN3O2. The molecule has 0 bridgehead atoms. The lowest BCUT2D eigenvalue weighted by molar-refractivity contribution is 0.0906. The maximum absolute atomic E-state index is 11.8. The van der Waals surface area contributed by atoms with Crippen molar-refractivity contribution < 1.29 is 9.53 Å². The van der Waals surface area contributed by atoms with Gasteiger partial charge >= 0.3 is 0 Å². The van der Waals surface area contributed by atoms with Gasteiger partial charge in [0.25, 0.3) is 5.91 Å². The molecule has 6 heteroatoms. The number of amides is 1. The second kappa shape index (κ2) is 5.81. The van der Waals surface area contributed by atoms with E-state index in [1.165, 1.54) is 0 Å². The molecule has 5 nitrogen and oxygen atoms in total. The van der Waals surface area contributed by atoms with E-state index >= 15 is 0 Å². The van der Waals surface area contributed by atoms with Gasteiger partial charge in [0, 0.05) is 23.8 Å². The Bertz CT molecular complexity index is 384. The monoisotopic (exact) mass is 287 g/mol. The number of hydrogen-bond donors (Lipinski definition) is 2. The van der Waals surface area contributed by atoms with Crippen LogP contribution in [0.1, 0.15) is 17.3 Å². The summed E-state index contributed by atoms with van der Waals surface area (Å²) < 4.78 is 5.64. The summed E-state index contributed by atoms with van der Waals surface area (Å²) in [6, 6.07) is 1.56. The molecule has 1 aromatic heterocycles. The smallest absolute Gasteiger partial charge is 0.255 e. The van der Waals surface area contributed by atoms with Gasteiger partial charge < -0.3 is 15.8 Å². The van der Waals surface area contributed by atoms with Crippen LogP contribution >= 0.6 is 15.9 Å². The first-order chi connectivity index (χ1) is 7.54. The molecule has 1 unspecified atom stereocenters. The standard InChI is InChI=1S/C10H14BrN3O2/c1-6(5-16-2)14-10(15)8-3-7(11)4-13-9(8)12/h3-4,6H,5H2,1-2H3,(H2,12,13)(H,14,15). The van der Waals surface area contributed by atoms with Crippen LogP contribution in [0.2, 0.25) is 0 Å². The fourth-order valence-corrected chi connectivity index (χ4v) is 1.56. The lowest BCUT2D eigenvalue weighted by Crippen LogP contribution is -2.36. The largest absolute Gasteiger partial charge is 0.383 e. The number of carbonyl (C=O) groups is 1. The predicted octanol–water partition coefficient (Wildman–Crippen LogP) is 1.19. The third-order valence-corrected chi connectivity index (χ3v) is 2.36. The van der Waals surface area contributed by atoms with Crippen LogP contribution in [0, 0.1) is 0 Å². The number of nitrogens with one attached hydrogen (secondary N) is 1. The van der Waals surface area contributed by atoms with Crippen molar-refractivity contribution in [2.24, 2.45) is 0 Å². The topological polar surface area (TPSA) is 77.2 Å². The van der Waals surface area contributed by atoms with Crippen molar-refractivity contribution in [3.63, 3.8) is 0 Å². The number of aromatic nitrogens is 1. The highest BCUT2D eigenvalue weighted by Gasteiger charge is 2.13. The zero-order chi connectivity index (χ0) is 12.1. The van der Waals surface area contributed by atoms with Crippen molar-refractivity contribution in [3.8, 4) is 0 Å². The summed E-state index contributed by atoms with van der Waals surface area (Å²) in [6.07, 6.45) is 1.55. The van der Waals surface area contributed by atoms with Crippen LogP contribution in [0.3, 0.4) is 0 Å². The molecule has 0 aliphatic carbocycles. The molecule has 0 aromatic carbocycles. The lowest BCUT2D eigenvalue weighted by atomic mass is 10.2. The molecule has 0 aliphatic rings. The highest BCUT2D eigenvalue weighted by atomic mass is 79.9. The molecule has 0 saturated carbocycles. The SMILES string of the molecule is COCC(C)NC(=O)c1cc(Br)cnc1N. The van der Waals surface area contributed by atoms with Crippen LogP contribution in [0.4, 0.5) is 5.82 Å². The molecular weight excluding hydrogens is 274 g/mol. The highest BCUT2D eigenvalue weighted by Crippen LogP contribution is 2.15. The van der Waals surface area contributed by atoms with Crippen molar-refractivity contribution in [2.45, 2.75) is 13.0 Å². The maximum atomic E-state index is 11.8. The minimum absolute atomic E-state index is 0.0733. The minimum atomic E-state index is -0.254. The lowest BCUT2D eigenvalue weighted by Gasteiger charge is -2.13. The second-order valence-electron chi connectivity index (χ2n) is 3.42. The van der Waals surface area contributed by atoms with Gasteiger partial charge in [-0.25, -0.2) is 4.98 Å².